The molecule has 0 aromatic heterocycles. The lowest BCUT2D eigenvalue weighted by Crippen LogP contribution is -2.40. The Morgan fingerprint density at radius 1 is 1.21 bits per heavy atom. The highest BCUT2D eigenvalue weighted by Crippen LogP contribution is 2.18. The summed E-state index contributed by atoms with van der Waals surface area (Å²) in [4.78, 5) is 2.66. The Labute approximate surface area is 88.1 Å². The highest BCUT2D eigenvalue weighted by atomic mass is 15.2. The molecule has 0 aromatic rings. The van der Waals surface area contributed by atoms with Gasteiger partial charge in [0.1, 0.15) is 0 Å². The van der Waals surface area contributed by atoms with Crippen molar-refractivity contribution in [2.75, 3.05) is 19.6 Å². The van der Waals surface area contributed by atoms with Gasteiger partial charge in [0, 0.05) is 12.1 Å². The second-order valence-corrected chi connectivity index (χ2v) is 4.97. The van der Waals surface area contributed by atoms with Crippen molar-refractivity contribution in [2.24, 2.45) is 0 Å². The van der Waals surface area contributed by atoms with Crippen molar-refractivity contribution in [3.63, 3.8) is 0 Å². The fraction of sp³-hybridized carbons (Fsp3) is 1.00. The van der Waals surface area contributed by atoms with Gasteiger partial charge >= 0.3 is 0 Å². The van der Waals surface area contributed by atoms with Crippen molar-refractivity contribution >= 4 is 0 Å². The summed E-state index contributed by atoms with van der Waals surface area (Å²) in [7, 11) is 0. The van der Waals surface area contributed by atoms with E-state index in [9.17, 15) is 0 Å². The second kappa shape index (κ2) is 5.13. The van der Waals surface area contributed by atoms with E-state index in [0.717, 1.165) is 12.1 Å². The van der Waals surface area contributed by atoms with Gasteiger partial charge in [-0.2, -0.15) is 0 Å². The van der Waals surface area contributed by atoms with Gasteiger partial charge in [-0.1, -0.05) is 6.42 Å². The van der Waals surface area contributed by atoms with Crippen molar-refractivity contribution in [2.45, 2.75) is 57.5 Å². The first-order valence-electron chi connectivity index (χ1n) is 6.33. The average Bonchev–Trinajstić information content (AvgIpc) is 2.72. The Morgan fingerprint density at radius 3 is 2.64 bits per heavy atom. The van der Waals surface area contributed by atoms with Gasteiger partial charge in [0.15, 0.2) is 0 Å². The number of rotatable bonds is 3. The van der Waals surface area contributed by atoms with Gasteiger partial charge in [0.2, 0.25) is 0 Å². The molecule has 2 saturated heterocycles. The molecule has 14 heavy (non-hydrogen) atoms. The van der Waals surface area contributed by atoms with Crippen LogP contribution in [0, 0.1) is 0 Å². The maximum absolute atomic E-state index is 3.65. The van der Waals surface area contributed by atoms with Crippen LogP contribution >= 0.6 is 0 Å². The summed E-state index contributed by atoms with van der Waals surface area (Å²) in [6.07, 6.45) is 8.42. The van der Waals surface area contributed by atoms with Crippen LogP contribution in [0.5, 0.6) is 0 Å². The molecular weight excluding hydrogens is 172 g/mol. The molecule has 0 amide bonds. The number of nitrogens with zero attached hydrogens (tertiary/aromatic N) is 1. The summed E-state index contributed by atoms with van der Waals surface area (Å²) in [5.41, 5.74) is 0. The van der Waals surface area contributed by atoms with Gasteiger partial charge in [-0.05, 0) is 58.7 Å². The quantitative estimate of drug-likeness (QED) is 0.743. The fourth-order valence-corrected chi connectivity index (χ4v) is 2.87. The maximum Gasteiger partial charge on any atom is 0.00818 e. The first kappa shape index (κ1) is 10.4. The van der Waals surface area contributed by atoms with Crippen molar-refractivity contribution < 1.29 is 0 Å². The van der Waals surface area contributed by atoms with Crippen molar-refractivity contribution in [1.82, 2.24) is 10.2 Å². The zero-order valence-electron chi connectivity index (χ0n) is 9.47. The third kappa shape index (κ3) is 2.71. The van der Waals surface area contributed by atoms with E-state index in [4.69, 9.17) is 0 Å². The minimum absolute atomic E-state index is 0.799. The van der Waals surface area contributed by atoms with E-state index >= 15 is 0 Å². The molecule has 2 atom stereocenters. The fourth-order valence-electron chi connectivity index (χ4n) is 2.87. The summed E-state index contributed by atoms with van der Waals surface area (Å²) in [5, 5.41) is 3.65. The molecule has 0 aromatic carbocycles. The molecule has 1 N–H and O–H groups in total. The molecule has 2 rings (SSSR count). The highest BCUT2D eigenvalue weighted by Gasteiger charge is 2.22. The van der Waals surface area contributed by atoms with Crippen LogP contribution in [0.4, 0.5) is 0 Å². The van der Waals surface area contributed by atoms with Gasteiger partial charge < -0.3 is 10.2 Å². The highest BCUT2D eigenvalue weighted by molar-refractivity contribution is 4.80. The lowest BCUT2D eigenvalue weighted by Gasteiger charge is -2.30. The van der Waals surface area contributed by atoms with E-state index in [2.05, 4.69) is 17.1 Å². The number of hydrogen-bond donors (Lipinski definition) is 1. The Hall–Kier alpha value is -0.0800. The third-order valence-electron chi connectivity index (χ3n) is 3.80. The number of likely N-dealkylation sites (tertiary alicyclic amines) is 1. The molecule has 0 aliphatic carbocycles. The van der Waals surface area contributed by atoms with E-state index < -0.39 is 0 Å². The lowest BCUT2D eigenvalue weighted by molar-refractivity contribution is 0.216. The van der Waals surface area contributed by atoms with Crippen molar-refractivity contribution in [1.29, 1.82) is 0 Å². The molecule has 0 radical (unpaired) electrons. The molecule has 2 aliphatic rings. The van der Waals surface area contributed by atoms with E-state index in [1.165, 1.54) is 58.2 Å². The Kier molecular flexibility index (Phi) is 3.82. The van der Waals surface area contributed by atoms with Gasteiger partial charge in [0.05, 0.1) is 0 Å². The summed E-state index contributed by atoms with van der Waals surface area (Å²) < 4.78 is 0. The molecule has 2 heteroatoms. The first-order valence-corrected chi connectivity index (χ1v) is 6.33. The van der Waals surface area contributed by atoms with E-state index in [0.29, 0.717) is 0 Å². The van der Waals surface area contributed by atoms with Crippen LogP contribution in [-0.2, 0) is 0 Å². The van der Waals surface area contributed by atoms with Crippen LogP contribution in [0.1, 0.15) is 45.4 Å². The van der Waals surface area contributed by atoms with Crippen LogP contribution in [0.2, 0.25) is 0 Å². The van der Waals surface area contributed by atoms with E-state index in [-0.39, 0.29) is 0 Å². The van der Waals surface area contributed by atoms with Gasteiger partial charge in [-0.3, -0.25) is 0 Å². The van der Waals surface area contributed by atoms with Crippen molar-refractivity contribution in [3.05, 3.63) is 0 Å². The average molecular weight is 196 g/mol. The number of nitrogens with one attached hydrogen (secondary N) is 1. The summed E-state index contributed by atoms with van der Waals surface area (Å²) in [5.74, 6) is 0. The normalized spacial score (nSPS) is 31.9. The minimum atomic E-state index is 0.799. The van der Waals surface area contributed by atoms with Crippen LogP contribution < -0.4 is 5.32 Å². The van der Waals surface area contributed by atoms with Crippen molar-refractivity contribution in [3.8, 4) is 0 Å². The molecule has 2 nitrogen and oxygen atoms in total. The van der Waals surface area contributed by atoms with Gasteiger partial charge in [-0.15, -0.1) is 0 Å². The first-order chi connectivity index (χ1) is 6.86. The summed E-state index contributed by atoms with van der Waals surface area (Å²) in [6.45, 7) is 6.33. The second-order valence-electron chi connectivity index (χ2n) is 4.97. The largest absolute Gasteiger partial charge is 0.314 e. The molecule has 82 valence electrons. The molecule has 2 heterocycles. The number of hydrogen-bond acceptors (Lipinski definition) is 2. The molecular formula is C12H24N2. The zero-order valence-corrected chi connectivity index (χ0v) is 9.47. The van der Waals surface area contributed by atoms with Crippen LogP contribution in [0.15, 0.2) is 0 Å². The monoisotopic (exact) mass is 196 g/mol. The van der Waals surface area contributed by atoms with Crippen LogP contribution in [-0.4, -0.2) is 36.6 Å². The smallest absolute Gasteiger partial charge is 0.00818 e. The SMILES string of the molecule is CC(CC1CCCCN1)N1CCCC1. The standard InChI is InChI=1S/C12H24N2/c1-11(14-8-4-5-9-14)10-12-6-2-3-7-13-12/h11-13H,2-10H2,1H3. The van der Waals surface area contributed by atoms with Gasteiger partial charge in [-0.25, -0.2) is 0 Å². The van der Waals surface area contributed by atoms with E-state index in [1.807, 2.05) is 0 Å². The Balaban J connectivity index is 1.72. The predicted octanol–water partition coefficient (Wildman–Crippen LogP) is 2.00. The molecule has 2 unspecified atom stereocenters. The van der Waals surface area contributed by atoms with Crippen LogP contribution in [0.3, 0.4) is 0 Å². The number of piperidine rings is 1. The molecule has 2 fully saturated rings. The van der Waals surface area contributed by atoms with E-state index in [1.54, 1.807) is 0 Å². The Bertz CT molecular complexity index is 158. The molecule has 0 saturated carbocycles. The minimum Gasteiger partial charge on any atom is -0.314 e. The topological polar surface area (TPSA) is 15.3 Å². The predicted molar refractivity (Wildman–Crippen MR) is 60.5 cm³/mol. The third-order valence-corrected chi connectivity index (χ3v) is 3.80. The maximum atomic E-state index is 3.65. The Morgan fingerprint density at radius 2 is 2.00 bits per heavy atom. The van der Waals surface area contributed by atoms with Gasteiger partial charge in [0.25, 0.3) is 0 Å². The molecule has 0 spiro atoms. The van der Waals surface area contributed by atoms with Crippen LogP contribution in [0.25, 0.3) is 0 Å². The molecule has 0 bridgehead atoms. The molecule has 2 aliphatic heterocycles. The zero-order chi connectivity index (χ0) is 9.80. The summed E-state index contributed by atoms with van der Waals surface area (Å²) >= 11 is 0. The summed E-state index contributed by atoms with van der Waals surface area (Å²) in [6, 6.07) is 1.60. The lowest BCUT2D eigenvalue weighted by atomic mass is 9.98.